The number of rotatable bonds is 5. The fraction of sp³-hybridized carbons (Fsp3) is 0.444. The van der Waals surface area contributed by atoms with Gasteiger partial charge in [0.1, 0.15) is 0 Å². The summed E-state index contributed by atoms with van der Waals surface area (Å²) in [6, 6.07) is 7.99. The quantitative estimate of drug-likeness (QED) is 0.651. The Hall–Kier alpha value is -2.51. The van der Waals surface area contributed by atoms with Crippen molar-refractivity contribution in [2.75, 3.05) is 13.6 Å². The van der Waals surface area contributed by atoms with E-state index in [1.54, 1.807) is 0 Å². The smallest absolute Gasteiger partial charge is 0.357 e. The van der Waals surface area contributed by atoms with Gasteiger partial charge in [-0.25, -0.2) is 4.99 Å². The average molecular weight is 367 g/mol. The van der Waals surface area contributed by atoms with Crippen LogP contribution in [-0.4, -0.2) is 34.2 Å². The van der Waals surface area contributed by atoms with Gasteiger partial charge in [-0.1, -0.05) is 24.3 Å². The lowest BCUT2D eigenvalue weighted by Gasteiger charge is -2.23. The fourth-order valence-corrected chi connectivity index (χ4v) is 2.64. The molecule has 5 nitrogen and oxygen atoms in total. The molecule has 8 heteroatoms. The summed E-state index contributed by atoms with van der Waals surface area (Å²) in [6.07, 6.45) is -3.13. The predicted molar refractivity (Wildman–Crippen MR) is 95.7 cm³/mol. The van der Waals surface area contributed by atoms with Gasteiger partial charge >= 0.3 is 6.18 Å². The summed E-state index contributed by atoms with van der Waals surface area (Å²) in [5, 5.41) is 6.64. The second-order valence-corrected chi connectivity index (χ2v) is 6.13. The zero-order chi connectivity index (χ0) is 19.3. The Kier molecular flexibility index (Phi) is 6.28. The molecular weight excluding hydrogens is 343 g/mol. The first-order valence-electron chi connectivity index (χ1n) is 8.36. The molecule has 1 aromatic heterocycles. The summed E-state index contributed by atoms with van der Waals surface area (Å²) >= 11 is 0. The van der Waals surface area contributed by atoms with E-state index < -0.39 is 11.9 Å². The van der Waals surface area contributed by atoms with Gasteiger partial charge in [-0.15, -0.1) is 0 Å². The van der Waals surface area contributed by atoms with E-state index in [0.29, 0.717) is 19.0 Å². The highest BCUT2D eigenvalue weighted by Crippen LogP contribution is 2.30. The van der Waals surface area contributed by atoms with Crippen LogP contribution in [0.4, 0.5) is 13.2 Å². The van der Waals surface area contributed by atoms with Crippen molar-refractivity contribution in [3.63, 3.8) is 0 Å². The molecule has 0 saturated carbocycles. The number of guanidine groups is 1. The van der Waals surface area contributed by atoms with Crippen molar-refractivity contribution in [2.24, 2.45) is 12.0 Å². The average Bonchev–Trinajstić information content (AvgIpc) is 2.94. The maximum absolute atomic E-state index is 13.1. The SMILES string of the molecule is CCNC(=NCc1cn(C)nc1C(F)(F)F)N(C)Cc1ccccc1C. The Labute approximate surface area is 151 Å². The number of nitrogens with zero attached hydrogens (tertiary/aromatic N) is 4. The Bertz CT molecular complexity index is 764. The van der Waals surface area contributed by atoms with E-state index in [4.69, 9.17) is 0 Å². The van der Waals surface area contributed by atoms with Gasteiger partial charge in [-0.2, -0.15) is 18.3 Å². The van der Waals surface area contributed by atoms with Gasteiger partial charge in [-0.05, 0) is 25.0 Å². The number of hydrogen-bond acceptors (Lipinski definition) is 2. The highest BCUT2D eigenvalue weighted by molar-refractivity contribution is 5.79. The Balaban J connectivity index is 2.20. The van der Waals surface area contributed by atoms with E-state index in [9.17, 15) is 13.2 Å². The monoisotopic (exact) mass is 367 g/mol. The van der Waals surface area contributed by atoms with Crippen LogP contribution in [0.3, 0.4) is 0 Å². The maximum atomic E-state index is 13.1. The number of benzene rings is 1. The minimum absolute atomic E-state index is 0.0553. The summed E-state index contributed by atoms with van der Waals surface area (Å²) < 4.78 is 40.4. The Morgan fingerprint density at radius 3 is 2.58 bits per heavy atom. The molecule has 0 radical (unpaired) electrons. The number of alkyl halides is 3. The number of aryl methyl sites for hydroxylation is 2. The standard InChI is InChI=1S/C18H24F3N5/c1-5-22-17(25(3)11-14-9-7-6-8-13(14)2)23-10-15-12-26(4)24-16(15)18(19,20)21/h6-9,12H,5,10-11H2,1-4H3,(H,22,23). The molecule has 0 saturated heterocycles. The molecule has 26 heavy (non-hydrogen) atoms. The Morgan fingerprint density at radius 1 is 1.27 bits per heavy atom. The van der Waals surface area contributed by atoms with Crippen LogP contribution in [0.25, 0.3) is 0 Å². The van der Waals surface area contributed by atoms with Gasteiger partial charge < -0.3 is 10.2 Å². The van der Waals surface area contributed by atoms with Crippen molar-refractivity contribution in [3.8, 4) is 0 Å². The number of hydrogen-bond donors (Lipinski definition) is 1. The molecule has 1 N–H and O–H groups in total. The third-order valence-corrected chi connectivity index (χ3v) is 3.94. The molecule has 0 atom stereocenters. The van der Waals surface area contributed by atoms with Crippen molar-refractivity contribution in [3.05, 3.63) is 52.8 Å². The number of aliphatic imine (C=N–C) groups is 1. The maximum Gasteiger partial charge on any atom is 0.435 e. The van der Waals surface area contributed by atoms with E-state index in [1.807, 2.05) is 50.1 Å². The van der Waals surface area contributed by atoms with Crippen molar-refractivity contribution in [1.82, 2.24) is 20.0 Å². The normalized spacial score (nSPS) is 12.3. The molecule has 0 aliphatic heterocycles. The van der Waals surface area contributed by atoms with Gasteiger partial charge in [-0.3, -0.25) is 4.68 Å². The Morgan fingerprint density at radius 2 is 1.96 bits per heavy atom. The molecule has 0 aliphatic rings. The molecule has 0 unspecified atom stereocenters. The van der Waals surface area contributed by atoms with Crippen LogP contribution in [0.15, 0.2) is 35.5 Å². The zero-order valence-corrected chi connectivity index (χ0v) is 15.4. The summed E-state index contributed by atoms with van der Waals surface area (Å²) in [4.78, 5) is 6.27. The second-order valence-electron chi connectivity index (χ2n) is 6.13. The van der Waals surface area contributed by atoms with Crippen molar-refractivity contribution >= 4 is 5.96 Å². The van der Waals surface area contributed by atoms with Crippen LogP contribution in [-0.2, 0) is 26.3 Å². The zero-order valence-electron chi connectivity index (χ0n) is 15.4. The number of halogens is 3. The molecule has 142 valence electrons. The molecular formula is C18H24F3N5. The van der Waals surface area contributed by atoms with Gasteiger partial charge in [0.2, 0.25) is 0 Å². The predicted octanol–water partition coefficient (Wildman–Crippen LogP) is 3.34. The number of aromatic nitrogens is 2. The van der Waals surface area contributed by atoms with Gasteiger partial charge in [0.25, 0.3) is 0 Å². The van der Waals surface area contributed by atoms with Gasteiger partial charge in [0.05, 0.1) is 6.54 Å². The van der Waals surface area contributed by atoms with Crippen LogP contribution in [0.5, 0.6) is 0 Å². The highest BCUT2D eigenvalue weighted by atomic mass is 19.4. The molecule has 0 aliphatic carbocycles. The molecule has 0 bridgehead atoms. The first kappa shape index (κ1) is 19.8. The van der Waals surface area contributed by atoms with Gasteiger partial charge in [0.15, 0.2) is 11.7 Å². The third-order valence-electron chi connectivity index (χ3n) is 3.94. The van der Waals surface area contributed by atoms with Crippen molar-refractivity contribution in [1.29, 1.82) is 0 Å². The van der Waals surface area contributed by atoms with E-state index in [2.05, 4.69) is 15.4 Å². The van der Waals surface area contributed by atoms with Crippen LogP contribution in [0, 0.1) is 6.92 Å². The van der Waals surface area contributed by atoms with E-state index in [0.717, 1.165) is 15.8 Å². The van der Waals surface area contributed by atoms with Crippen molar-refractivity contribution in [2.45, 2.75) is 33.1 Å². The van der Waals surface area contributed by atoms with Crippen LogP contribution < -0.4 is 5.32 Å². The van der Waals surface area contributed by atoms with Crippen LogP contribution >= 0.6 is 0 Å². The van der Waals surface area contributed by atoms with E-state index in [-0.39, 0.29) is 12.1 Å². The largest absolute Gasteiger partial charge is 0.435 e. The van der Waals surface area contributed by atoms with Crippen molar-refractivity contribution < 1.29 is 13.2 Å². The first-order valence-corrected chi connectivity index (χ1v) is 8.36. The van der Waals surface area contributed by atoms with Crippen LogP contribution in [0.2, 0.25) is 0 Å². The molecule has 2 rings (SSSR count). The molecule has 1 heterocycles. The van der Waals surface area contributed by atoms with Gasteiger partial charge in [0, 0.05) is 38.9 Å². The lowest BCUT2D eigenvalue weighted by molar-refractivity contribution is -0.142. The summed E-state index contributed by atoms with van der Waals surface area (Å²) in [7, 11) is 3.33. The molecule has 0 spiro atoms. The van der Waals surface area contributed by atoms with Crippen LogP contribution in [0.1, 0.15) is 29.3 Å². The van der Waals surface area contributed by atoms with E-state index >= 15 is 0 Å². The summed E-state index contributed by atoms with van der Waals surface area (Å²) in [6.45, 7) is 5.08. The fourth-order valence-electron chi connectivity index (χ4n) is 2.64. The topological polar surface area (TPSA) is 45.5 Å². The molecule has 0 fully saturated rings. The lowest BCUT2D eigenvalue weighted by atomic mass is 10.1. The third kappa shape index (κ3) is 5.00. The first-order chi connectivity index (χ1) is 12.2. The lowest BCUT2D eigenvalue weighted by Crippen LogP contribution is -2.38. The second kappa shape index (κ2) is 8.25. The molecule has 0 amide bonds. The summed E-state index contributed by atoms with van der Waals surface area (Å²) in [5.41, 5.74) is 1.46. The van der Waals surface area contributed by atoms with E-state index in [1.165, 1.54) is 13.2 Å². The molecule has 1 aromatic carbocycles. The number of nitrogens with one attached hydrogen (secondary N) is 1. The minimum atomic E-state index is -4.49. The minimum Gasteiger partial charge on any atom is -0.357 e. The highest BCUT2D eigenvalue weighted by Gasteiger charge is 2.36. The molecule has 2 aromatic rings. The summed E-state index contributed by atoms with van der Waals surface area (Å²) in [5.74, 6) is 0.549.